The first-order valence-corrected chi connectivity index (χ1v) is 20.0. The third kappa shape index (κ3) is 9.56. The van der Waals surface area contributed by atoms with Crippen molar-refractivity contribution in [3.63, 3.8) is 0 Å². The van der Waals surface area contributed by atoms with Crippen molar-refractivity contribution in [3.05, 3.63) is 6.42 Å². The zero-order chi connectivity index (χ0) is 34.9. The molecule has 0 aromatic carbocycles. The summed E-state index contributed by atoms with van der Waals surface area (Å²) in [6.07, 6.45) is 23.5. The highest BCUT2D eigenvalue weighted by Crippen LogP contribution is 2.54. The Balaban J connectivity index is 2.00. The van der Waals surface area contributed by atoms with Crippen LogP contribution in [0.15, 0.2) is 0 Å². The molecule has 46 heavy (non-hydrogen) atoms. The Kier molecular flexibility index (Phi) is 13.2. The van der Waals surface area contributed by atoms with E-state index in [4.69, 9.17) is 0 Å². The van der Waals surface area contributed by atoms with Gasteiger partial charge in [-0.2, -0.15) is 0 Å². The smallest absolute Gasteiger partial charge is 0.0158 e. The summed E-state index contributed by atoms with van der Waals surface area (Å²) >= 11 is 0. The number of nitrogens with zero attached hydrogens (tertiary/aromatic N) is 3. The van der Waals surface area contributed by atoms with E-state index in [9.17, 15) is 0 Å². The summed E-state index contributed by atoms with van der Waals surface area (Å²) in [5, 5.41) is 0. The van der Waals surface area contributed by atoms with Crippen LogP contribution >= 0.6 is 0 Å². The number of likely N-dealkylation sites (tertiary alicyclic amines) is 3. The van der Waals surface area contributed by atoms with Crippen LogP contribution in [0, 0.1) is 36.0 Å². The van der Waals surface area contributed by atoms with Gasteiger partial charge in [-0.05, 0) is 192 Å². The number of unbranched alkanes of at least 4 members (excludes halogenated alkanes) is 7. The summed E-state index contributed by atoms with van der Waals surface area (Å²) in [5.41, 5.74) is 1.40. The molecule has 3 aliphatic rings. The number of hydrogen-bond acceptors (Lipinski definition) is 3. The Labute approximate surface area is 290 Å². The van der Waals surface area contributed by atoms with E-state index in [0.717, 1.165) is 23.7 Å². The topological polar surface area (TPSA) is 9.72 Å². The molecule has 0 amide bonds. The largest absolute Gasteiger partial charge is 0.296 e. The Morgan fingerprint density at radius 3 is 1.26 bits per heavy atom. The summed E-state index contributed by atoms with van der Waals surface area (Å²) < 4.78 is 0. The average Bonchev–Trinajstić information content (AvgIpc) is 2.90. The Morgan fingerprint density at radius 2 is 0.848 bits per heavy atom. The number of rotatable bonds is 14. The van der Waals surface area contributed by atoms with Crippen LogP contribution in [0.2, 0.25) is 0 Å². The molecule has 3 fully saturated rings. The van der Waals surface area contributed by atoms with Crippen LogP contribution in [0.5, 0.6) is 0 Å². The van der Waals surface area contributed by atoms with E-state index in [2.05, 4.69) is 132 Å². The quantitative estimate of drug-likeness (QED) is 0.175. The minimum atomic E-state index is 0.227. The molecule has 3 heteroatoms. The molecule has 2 atom stereocenters. The number of piperidine rings is 3. The highest BCUT2D eigenvalue weighted by atomic mass is 15.2. The van der Waals surface area contributed by atoms with Gasteiger partial charge in [0.25, 0.3) is 0 Å². The predicted molar refractivity (Wildman–Crippen MR) is 204 cm³/mol. The molecule has 0 N–H and O–H groups in total. The van der Waals surface area contributed by atoms with Crippen LogP contribution in [0.25, 0.3) is 0 Å². The SMILES string of the molecule is CCCCCCCCC[CH]C(C1CC(C)(C)N(C)C(C)(C)C1)C(CC1CC(C)(C)N(C)C(C)(C)C1)C1CC(C)(C)N(C)C(C)(C)C1. The van der Waals surface area contributed by atoms with E-state index in [1.807, 2.05) is 0 Å². The first kappa shape index (κ1) is 40.3. The van der Waals surface area contributed by atoms with Crippen molar-refractivity contribution in [3.8, 4) is 0 Å². The first-order chi connectivity index (χ1) is 21.0. The van der Waals surface area contributed by atoms with Crippen LogP contribution in [0.4, 0.5) is 0 Å². The van der Waals surface area contributed by atoms with Gasteiger partial charge < -0.3 is 0 Å². The molecule has 3 aliphatic heterocycles. The second-order valence-corrected chi connectivity index (χ2v) is 20.8. The van der Waals surface area contributed by atoms with Crippen molar-refractivity contribution in [1.82, 2.24) is 14.7 Å². The van der Waals surface area contributed by atoms with Crippen molar-refractivity contribution < 1.29 is 0 Å². The Bertz CT molecular complexity index is 888. The molecule has 3 rings (SSSR count). The lowest BCUT2D eigenvalue weighted by Gasteiger charge is -2.59. The normalized spacial score (nSPS) is 28.7. The molecule has 0 aromatic heterocycles. The van der Waals surface area contributed by atoms with Gasteiger partial charge in [-0.1, -0.05) is 51.9 Å². The van der Waals surface area contributed by atoms with Crippen LogP contribution in [-0.2, 0) is 0 Å². The minimum Gasteiger partial charge on any atom is -0.296 e. The average molecular weight is 643 g/mol. The molecule has 0 spiro atoms. The molecule has 0 aromatic rings. The number of hydrogen-bond donors (Lipinski definition) is 0. The van der Waals surface area contributed by atoms with Crippen LogP contribution in [0.1, 0.15) is 186 Å². The van der Waals surface area contributed by atoms with E-state index in [-0.39, 0.29) is 33.2 Å². The lowest BCUT2D eigenvalue weighted by atomic mass is 9.57. The third-order valence-electron chi connectivity index (χ3n) is 14.6. The van der Waals surface area contributed by atoms with E-state index in [1.165, 1.54) is 96.3 Å². The first-order valence-electron chi connectivity index (χ1n) is 20.0. The zero-order valence-corrected chi connectivity index (χ0v) is 34.4. The molecule has 3 heterocycles. The fraction of sp³-hybridized carbons (Fsp3) is 0.977. The highest BCUT2D eigenvalue weighted by molar-refractivity contribution is 5.08. The van der Waals surface area contributed by atoms with Gasteiger partial charge in [0.1, 0.15) is 0 Å². The summed E-state index contributed by atoms with van der Waals surface area (Å²) in [6.45, 7) is 32.7. The van der Waals surface area contributed by atoms with Gasteiger partial charge in [-0.25, -0.2) is 0 Å². The van der Waals surface area contributed by atoms with E-state index in [1.54, 1.807) is 0 Å². The van der Waals surface area contributed by atoms with Gasteiger partial charge in [0.2, 0.25) is 0 Å². The van der Waals surface area contributed by atoms with Gasteiger partial charge in [-0.3, -0.25) is 14.7 Å². The van der Waals surface area contributed by atoms with Crippen molar-refractivity contribution in [2.24, 2.45) is 29.6 Å². The fourth-order valence-corrected chi connectivity index (χ4v) is 11.4. The molecule has 1 radical (unpaired) electrons. The molecule has 3 nitrogen and oxygen atoms in total. The van der Waals surface area contributed by atoms with E-state index < -0.39 is 0 Å². The van der Waals surface area contributed by atoms with Crippen molar-refractivity contribution >= 4 is 0 Å². The monoisotopic (exact) mass is 643 g/mol. The third-order valence-corrected chi connectivity index (χ3v) is 14.6. The van der Waals surface area contributed by atoms with Gasteiger partial charge in [0.05, 0.1) is 0 Å². The maximum atomic E-state index is 2.95. The Morgan fingerprint density at radius 1 is 0.500 bits per heavy atom. The summed E-state index contributed by atoms with van der Waals surface area (Å²) in [4.78, 5) is 8.12. The van der Waals surface area contributed by atoms with Gasteiger partial charge in [0, 0.05) is 33.2 Å². The molecule has 0 saturated carbocycles. The van der Waals surface area contributed by atoms with Crippen LogP contribution in [-0.4, -0.2) is 69.1 Å². The fourth-order valence-electron chi connectivity index (χ4n) is 11.4. The Hall–Kier alpha value is -0.120. The van der Waals surface area contributed by atoms with Crippen molar-refractivity contribution in [1.29, 1.82) is 0 Å². The zero-order valence-electron chi connectivity index (χ0n) is 34.4. The maximum Gasteiger partial charge on any atom is 0.0158 e. The van der Waals surface area contributed by atoms with Crippen LogP contribution in [0.3, 0.4) is 0 Å². The molecular formula is C43H84N3. The highest BCUT2D eigenvalue weighted by Gasteiger charge is 2.52. The molecule has 0 bridgehead atoms. The van der Waals surface area contributed by atoms with Gasteiger partial charge in [0.15, 0.2) is 0 Å². The standard InChI is InChI=1S/C43H84N3/c1-17-18-19-20-21-22-23-24-25-36(34-29-40(6,7)45(15)41(8,9)30-34)37(35-31-42(10,11)46(16)43(12,13)32-35)26-33-27-38(2,3)44(14)39(4,5)28-33/h25,33-37H,17-24,26-32H2,1-16H3. The maximum absolute atomic E-state index is 2.95. The molecular weight excluding hydrogens is 558 g/mol. The summed E-state index contributed by atoms with van der Waals surface area (Å²) in [6, 6.07) is 0. The summed E-state index contributed by atoms with van der Waals surface area (Å²) in [7, 11) is 7.19. The predicted octanol–water partition coefficient (Wildman–Crippen LogP) is 11.7. The molecule has 2 unspecified atom stereocenters. The lowest BCUT2D eigenvalue weighted by Crippen LogP contribution is -2.62. The molecule has 271 valence electrons. The van der Waals surface area contributed by atoms with E-state index in [0.29, 0.717) is 5.92 Å². The molecule has 3 saturated heterocycles. The minimum absolute atomic E-state index is 0.227. The van der Waals surface area contributed by atoms with Gasteiger partial charge in [-0.15, -0.1) is 0 Å². The summed E-state index contributed by atoms with van der Waals surface area (Å²) in [5.74, 6) is 3.79. The van der Waals surface area contributed by atoms with Gasteiger partial charge >= 0.3 is 0 Å². The second-order valence-electron chi connectivity index (χ2n) is 20.8. The van der Waals surface area contributed by atoms with Crippen molar-refractivity contribution in [2.75, 3.05) is 21.1 Å². The second kappa shape index (κ2) is 15.0. The van der Waals surface area contributed by atoms with E-state index >= 15 is 0 Å². The molecule has 0 aliphatic carbocycles. The lowest BCUT2D eigenvalue weighted by molar-refractivity contribution is -0.0857. The van der Waals surface area contributed by atoms with Crippen LogP contribution < -0.4 is 0 Å². The van der Waals surface area contributed by atoms with Crippen molar-refractivity contribution in [2.45, 2.75) is 220 Å².